The lowest BCUT2D eigenvalue weighted by molar-refractivity contribution is -0.151. The minimum Gasteiger partial charge on any atom is -0.449 e. The standard InChI is InChI=1S/C7H6O9/c8-3(5(10)16-7(13)14)1-2-4(9)15-6(11)12/h1-2H2,(H,11,12)(H,13,14). The Labute approximate surface area is 87.6 Å². The van der Waals surface area contributed by atoms with Crippen LogP contribution in [0, 0.1) is 0 Å². The van der Waals surface area contributed by atoms with Gasteiger partial charge < -0.3 is 19.7 Å². The van der Waals surface area contributed by atoms with Crippen LogP contribution in [0.4, 0.5) is 9.59 Å². The second-order valence-corrected chi connectivity index (χ2v) is 2.32. The molecule has 0 atom stereocenters. The number of rotatable bonds is 4. The first-order valence-corrected chi connectivity index (χ1v) is 3.74. The maximum absolute atomic E-state index is 10.8. The van der Waals surface area contributed by atoms with Crippen molar-refractivity contribution in [3.05, 3.63) is 0 Å². The SMILES string of the molecule is O=C(O)OC(=O)CCC(=O)C(=O)OC(=O)O. The van der Waals surface area contributed by atoms with Crippen molar-refractivity contribution in [3.8, 4) is 0 Å². The van der Waals surface area contributed by atoms with Crippen LogP contribution in [0.25, 0.3) is 0 Å². The molecule has 9 heteroatoms. The molecular weight excluding hydrogens is 228 g/mol. The molecule has 0 spiro atoms. The van der Waals surface area contributed by atoms with Gasteiger partial charge in [-0.3, -0.25) is 9.59 Å². The summed E-state index contributed by atoms with van der Waals surface area (Å²) in [7, 11) is 0. The first-order valence-electron chi connectivity index (χ1n) is 3.74. The van der Waals surface area contributed by atoms with Crippen LogP contribution in [-0.2, 0) is 23.9 Å². The molecule has 9 nitrogen and oxygen atoms in total. The molecular formula is C7H6O9. The summed E-state index contributed by atoms with van der Waals surface area (Å²) < 4.78 is 7.10. The highest BCUT2D eigenvalue weighted by Gasteiger charge is 2.20. The Balaban J connectivity index is 3.98. The fraction of sp³-hybridized carbons (Fsp3) is 0.286. The van der Waals surface area contributed by atoms with Gasteiger partial charge in [-0.1, -0.05) is 0 Å². The van der Waals surface area contributed by atoms with Gasteiger partial charge in [-0.2, -0.15) is 0 Å². The predicted molar refractivity (Wildman–Crippen MR) is 42.5 cm³/mol. The third kappa shape index (κ3) is 6.07. The average Bonchev–Trinajstić information content (AvgIpc) is 2.11. The van der Waals surface area contributed by atoms with Crippen LogP contribution in [-0.4, -0.2) is 40.2 Å². The topological polar surface area (TPSA) is 144 Å². The lowest BCUT2D eigenvalue weighted by Crippen LogP contribution is -2.21. The fourth-order valence-corrected chi connectivity index (χ4v) is 0.602. The molecule has 16 heavy (non-hydrogen) atoms. The summed E-state index contributed by atoms with van der Waals surface area (Å²) in [5, 5.41) is 15.9. The van der Waals surface area contributed by atoms with E-state index in [1.54, 1.807) is 0 Å². The smallest absolute Gasteiger partial charge is 0.449 e. The highest BCUT2D eigenvalue weighted by Crippen LogP contribution is 1.97. The predicted octanol–water partition coefficient (Wildman–Crippen LogP) is -0.222. The lowest BCUT2D eigenvalue weighted by Gasteiger charge is -1.98. The van der Waals surface area contributed by atoms with Gasteiger partial charge in [0.15, 0.2) is 0 Å². The molecule has 0 unspecified atom stereocenters. The molecule has 0 bridgehead atoms. The van der Waals surface area contributed by atoms with Gasteiger partial charge in [-0.15, -0.1) is 0 Å². The third-order valence-electron chi connectivity index (χ3n) is 1.17. The van der Waals surface area contributed by atoms with Crippen molar-refractivity contribution in [2.75, 3.05) is 0 Å². The number of Topliss-reactive ketones (excluding diaryl/α,β-unsaturated/α-hetero) is 1. The number of esters is 2. The van der Waals surface area contributed by atoms with E-state index in [9.17, 15) is 24.0 Å². The summed E-state index contributed by atoms with van der Waals surface area (Å²) in [6, 6.07) is 0. The van der Waals surface area contributed by atoms with Crippen molar-refractivity contribution < 1.29 is 43.7 Å². The van der Waals surface area contributed by atoms with E-state index >= 15 is 0 Å². The molecule has 88 valence electrons. The zero-order valence-corrected chi connectivity index (χ0v) is 7.67. The molecule has 0 saturated carbocycles. The number of carbonyl (C=O) groups excluding carboxylic acids is 3. The van der Waals surface area contributed by atoms with Crippen LogP contribution in [0.5, 0.6) is 0 Å². The van der Waals surface area contributed by atoms with E-state index in [1.807, 2.05) is 0 Å². The van der Waals surface area contributed by atoms with Crippen molar-refractivity contribution in [3.63, 3.8) is 0 Å². The number of carbonyl (C=O) groups is 5. The molecule has 0 radical (unpaired) electrons. The maximum Gasteiger partial charge on any atom is 0.513 e. The third-order valence-corrected chi connectivity index (χ3v) is 1.17. The van der Waals surface area contributed by atoms with Gasteiger partial charge in [0.25, 0.3) is 0 Å². The van der Waals surface area contributed by atoms with Gasteiger partial charge >= 0.3 is 24.2 Å². The molecule has 0 heterocycles. The van der Waals surface area contributed by atoms with Crippen LogP contribution in [0.15, 0.2) is 0 Å². The first kappa shape index (κ1) is 13.5. The molecule has 2 N–H and O–H groups in total. The normalized spacial score (nSPS) is 9.00. The maximum atomic E-state index is 10.8. The molecule has 0 aliphatic carbocycles. The van der Waals surface area contributed by atoms with Crippen LogP contribution >= 0.6 is 0 Å². The van der Waals surface area contributed by atoms with E-state index in [0.717, 1.165) is 0 Å². The monoisotopic (exact) mass is 234 g/mol. The zero-order chi connectivity index (χ0) is 12.7. The van der Waals surface area contributed by atoms with Gasteiger partial charge in [0.2, 0.25) is 5.78 Å². The summed E-state index contributed by atoms with van der Waals surface area (Å²) in [6.07, 6.45) is -5.16. The summed E-state index contributed by atoms with van der Waals surface area (Å²) >= 11 is 0. The first-order chi connectivity index (χ1) is 7.32. The highest BCUT2D eigenvalue weighted by molar-refractivity contribution is 6.35. The number of ether oxygens (including phenoxy) is 2. The van der Waals surface area contributed by atoms with Gasteiger partial charge in [-0.05, 0) is 0 Å². The van der Waals surface area contributed by atoms with Gasteiger partial charge in [0.1, 0.15) is 0 Å². The molecule has 0 amide bonds. The van der Waals surface area contributed by atoms with Crippen molar-refractivity contribution >= 4 is 30.0 Å². The van der Waals surface area contributed by atoms with Crippen molar-refractivity contribution in [2.45, 2.75) is 12.8 Å². The summed E-state index contributed by atoms with van der Waals surface area (Å²) in [6.45, 7) is 0. The van der Waals surface area contributed by atoms with Crippen molar-refractivity contribution in [1.82, 2.24) is 0 Å². The molecule has 0 rings (SSSR count). The van der Waals surface area contributed by atoms with Crippen molar-refractivity contribution in [1.29, 1.82) is 0 Å². The van der Waals surface area contributed by atoms with E-state index in [1.165, 1.54) is 0 Å². The van der Waals surface area contributed by atoms with Crippen LogP contribution < -0.4 is 0 Å². The minimum absolute atomic E-state index is 0.667. The van der Waals surface area contributed by atoms with Crippen molar-refractivity contribution in [2.24, 2.45) is 0 Å². The van der Waals surface area contributed by atoms with E-state index in [-0.39, 0.29) is 0 Å². The molecule has 0 fully saturated rings. The quantitative estimate of drug-likeness (QED) is 0.382. The Kier molecular flexibility index (Phi) is 5.18. The largest absolute Gasteiger partial charge is 0.513 e. The Bertz CT molecular complexity index is 342. The number of hydrogen-bond acceptors (Lipinski definition) is 7. The molecule has 0 aliphatic rings. The van der Waals surface area contributed by atoms with Crippen LogP contribution in [0.3, 0.4) is 0 Å². The number of carboxylic acid groups (broad SMARTS) is 2. The minimum atomic E-state index is -1.95. The van der Waals surface area contributed by atoms with Gasteiger partial charge in [0, 0.05) is 6.42 Å². The van der Waals surface area contributed by atoms with Gasteiger partial charge in [-0.25, -0.2) is 14.4 Å². The van der Waals surface area contributed by atoms with Gasteiger partial charge in [0.05, 0.1) is 6.42 Å². The highest BCUT2D eigenvalue weighted by atomic mass is 16.7. The Morgan fingerprint density at radius 1 is 0.812 bits per heavy atom. The molecule has 0 saturated heterocycles. The molecule has 0 aliphatic heterocycles. The number of hydrogen-bond donors (Lipinski definition) is 2. The molecule has 0 aromatic heterocycles. The average molecular weight is 234 g/mol. The Hall–Kier alpha value is -2.45. The van der Waals surface area contributed by atoms with E-state index < -0.39 is 42.9 Å². The second kappa shape index (κ2) is 6.11. The number of ketones is 1. The Morgan fingerprint density at radius 3 is 1.75 bits per heavy atom. The Morgan fingerprint density at radius 2 is 1.31 bits per heavy atom. The van der Waals surface area contributed by atoms with Crippen LogP contribution in [0.1, 0.15) is 12.8 Å². The fourth-order valence-electron chi connectivity index (χ4n) is 0.602. The summed E-state index contributed by atoms with van der Waals surface area (Å²) in [5.41, 5.74) is 0. The van der Waals surface area contributed by atoms with E-state index in [0.29, 0.717) is 0 Å². The zero-order valence-electron chi connectivity index (χ0n) is 7.67. The van der Waals surface area contributed by atoms with E-state index in [2.05, 4.69) is 9.47 Å². The summed E-state index contributed by atoms with van der Waals surface area (Å²) in [4.78, 5) is 51.6. The molecule has 0 aromatic rings. The van der Waals surface area contributed by atoms with E-state index in [4.69, 9.17) is 10.2 Å². The van der Waals surface area contributed by atoms with Crippen LogP contribution in [0.2, 0.25) is 0 Å². The second-order valence-electron chi connectivity index (χ2n) is 2.32. The molecule has 0 aromatic carbocycles. The lowest BCUT2D eigenvalue weighted by atomic mass is 10.2. The summed E-state index contributed by atoms with van der Waals surface area (Å²) in [5.74, 6) is -4.15.